The van der Waals surface area contributed by atoms with Crippen molar-refractivity contribution < 1.29 is 19.3 Å². The fourth-order valence-corrected chi connectivity index (χ4v) is 3.30. The predicted molar refractivity (Wildman–Crippen MR) is 135 cm³/mol. The molecule has 0 saturated carbocycles. The molecule has 194 valence electrons. The van der Waals surface area contributed by atoms with E-state index in [1.165, 1.54) is 4.68 Å². The van der Waals surface area contributed by atoms with Crippen LogP contribution in [0.5, 0.6) is 0 Å². The number of tetrazole rings is 1. The Bertz CT molecular complexity index is 893. The van der Waals surface area contributed by atoms with E-state index in [1.807, 2.05) is 30.3 Å². The largest absolute Gasteiger partial charge is 0.437 e. The Kier molecular flexibility index (Phi) is 13.1. The SMILES string of the molecule is C.CCCCNC(=O)CCn1nnnc1[C@@H](COCc1ccccc1)NC(=O)C(C)(C)NB(C)O. The smallest absolute Gasteiger partial charge is 0.374 e. The first-order valence-electron chi connectivity index (χ1n) is 11.6. The summed E-state index contributed by atoms with van der Waals surface area (Å²) in [6.45, 7) is 8.31. The molecule has 0 fully saturated rings. The van der Waals surface area contributed by atoms with Crippen molar-refractivity contribution in [2.24, 2.45) is 0 Å². The quantitative estimate of drug-likeness (QED) is 0.218. The van der Waals surface area contributed by atoms with Crippen molar-refractivity contribution in [1.29, 1.82) is 0 Å². The molecule has 2 amide bonds. The molecule has 1 atom stereocenters. The van der Waals surface area contributed by atoms with Crippen molar-refractivity contribution in [3.63, 3.8) is 0 Å². The number of amides is 2. The summed E-state index contributed by atoms with van der Waals surface area (Å²) in [6, 6.07) is 9.01. The predicted octanol–water partition coefficient (Wildman–Crippen LogP) is 1.47. The molecule has 1 aromatic heterocycles. The number of hydrogen-bond acceptors (Lipinski definition) is 8. The maximum absolute atomic E-state index is 13.0. The number of ether oxygens (including phenoxy) is 1. The standard InChI is InChI=1S/C22H36BN7O4.CH4/c1-5-6-13-24-19(31)12-14-30-20(26-28-29-30)18(16-34-15-17-10-8-7-9-11-17)25-21(32)22(2,3)27-23(4)33;/h7-11,18,27,33H,5-6,12-16H2,1-4H3,(H,24,31)(H,25,32);1H4/t18-;/m1./s1. The molecular formula is C23H40BN7O4. The summed E-state index contributed by atoms with van der Waals surface area (Å²) in [6.07, 6.45) is 2.13. The molecule has 2 rings (SSSR count). The molecule has 0 bridgehead atoms. The van der Waals surface area contributed by atoms with Crippen LogP contribution in [0.3, 0.4) is 0 Å². The molecule has 0 unspecified atom stereocenters. The Balaban J connectivity index is 0.00000612. The Morgan fingerprint density at radius 2 is 1.97 bits per heavy atom. The van der Waals surface area contributed by atoms with Crippen LogP contribution in [0, 0.1) is 0 Å². The van der Waals surface area contributed by atoms with Crippen molar-refractivity contribution in [1.82, 2.24) is 36.1 Å². The van der Waals surface area contributed by atoms with Crippen LogP contribution in [-0.2, 0) is 27.5 Å². The van der Waals surface area contributed by atoms with Crippen molar-refractivity contribution in [2.75, 3.05) is 13.2 Å². The molecule has 0 aliphatic carbocycles. The number of carbonyl (C=O) groups is 2. The average molecular weight is 489 g/mol. The fraction of sp³-hybridized carbons (Fsp3) is 0.609. The van der Waals surface area contributed by atoms with Crippen LogP contribution < -0.4 is 15.9 Å². The fourth-order valence-electron chi connectivity index (χ4n) is 3.30. The van der Waals surface area contributed by atoms with Gasteiger partial charge in [-0.1, -0.05) is 51.1 Å². The molecule has 1 heterocycles. The summed E-state index contributed by atoms with van der Waals surface area (Å²) < 4.78 is 7.38. The topological polar surface area (TPSA) is 143 Å². The maximum atomic E-state index is 13.0. The van der Waals surface area contributed by atoms with E-state index in [0.29, 0.717) is 19.0 Å². The lowest BCUT2D eigenvalue weighted by molar-refractivity contribution is -0.127. The van der Waals surface area contributed by atoms with Gasteiger partial charge in [-0.15, -0.1) is 5.10 Å². The zero-order valence-electron chi connectivity index (χ0n) is 20.5. The average Bonchev–Trinajstić information content (AvgIpc) is 3.25. The normalized spacial score (nSPS) is 11.9. The number of benzene rings is 1. The van der Waals surface area contributed by atoms with Crippen molar-refractivity contribution in [3.05, 3.63) is 41.7 Å². The molecule has 0 saturated heterocycles. The first-order chi connectivity index (χ1) is 16.2. The van der Waals surface area contributed by atoms with Gasteiger partial charge in [-0.25, -0.2) is 4.68 Å². The lowest BCUT2D eigenvalue weighted by Gasteiger charge is -2.28. The van der Waals surface area contributed by atoms with E-state index in [9.17, 15) is 14.6 Å². The van der Waals surface area contributed by atoms with Crippen LogP contribution in [-0.4, -0.2) is 62.8 Å². The maximum Gasteiger partial charge on any atom is 0.374 e. The highest BCUT2D eigenvalue weighted by molar-refractivity contribution is 6.46. The third-order valence-electron chi connectivity index (χ3n) is 5.11. The number of aryl methyl sites for hydroxylation is 1. The van der Waals surface area contributed by atoms with Gasteiger partial charge in [0, 0.05) is 13.0 Å². The first-order valence-corrected chi connectivity index (χ1v) is 11.6. The third kappa shape index (κ3) is 10.5. The number of nitrogens with one attached hydrogen (secondary N) is 3. The monoisotopic (exact) mass is 489 g/mol. The number of unbranched alkanes of at least 4 members (excludes halogenated alkanes) is 1. The Morgan fingerprint density at radius 1 is 1.26 bits per heavy atom. The van der Waals surface area contributed by atoms with Crippen LogP contribution >= 0.6 is 0 Å². The molecule has 2 aromatic rings. The van der Waals surface area contributed by atoms with Crippen LogP contribution in [0.2, 0.25) is 6.82 Å². The van der Waals surface area contributed by atoms with Crippen molar-refractivity contribution >= 4 is 18.9 Å². The zero-order valence-corrected chi connectivity index (χ0v) is 20.5. The van der Waals surface area contributed by atoms with E-state index in [4.69, 9.17) is 4.74 Å². The summed E-state index contributed by atoms with van der Waals surface area (Å²) in [5.74, 6) is -0.0535. The van der Waals surface area contributed by atoms with Gasteiger partial charge in [-0.3, -0.25) is 9.59 Å². The van der Waals surface area contributed by atoms with E-state index >= 15 is 0 Å². The van der Waals surface area contributed by atoms with Gasteiger partial charge in [0.15, 0.2) is 5.82 Å². The minimum atomic E-state index is -1.05. The Labute approximate surface area is 208 Å². The molecule has 0 spiro atoms. The molecule has 0 aliphatic rings. The second kappa shape index (κ2) is 15.2. The van der Waals surface area contributed by atoms with Gasteiger partial charge < -0.3 is 25.6 Å². The van der Waals surface area contributed by atoms with Gasteiger partial charge >= 0.3 is 7.05 Å². The summed E-state index contributed by atoms with van der Waals surface area (Å²) in [5, 5.41) is 30.1. The number of hydrogen-bond donors (Lipinski definition) is 4. The number of carbonyl (C=O) groups excluding carboxylic acids is 2. The first kappa shape index (κ1) is 30.2. The molecule has 12 heteroatoms. The van der Waals surface area contributed by atoms with Crippen LogP contribution in [0.15, 0.2) is 30.3 Å². The summed E-state index contributed by atoms with van der Waals surface area (Å²) in [5.41, 5.74) is -0.0597. The highest BCUT2D eigenvalue weighted by atomic mass is 16.5. The van der Waals surface area contributed by atoms with Gasteiger partial charge in [-0.2, -0.15) is 0 Å². The van der Waals surface area contributed by atoms with E-state index in [-0.39, 0.29) is 38.8 Å². The molecule has 0 radical (unpaired) electrons. The molecule has 4 N–H and O–H groups in total. The number of rotatable bonds is 15. The van der Waals surface area contributed by atoms with Crippen molar-refractivity contribution in [2.45, 2.75) is 79.0 Å². The van der Waals surface area contributed by atoms with E-state index in [1.54, 1.807) is 20.7 Å². The van der Waals surface area contributed by atoms with Gasteiger partial charge in [-0.05, 0) is 43.1 Å². The van der Waals surface area contributed by atoms with E-state index in [0.717, 1.165) is 18.4 Å². The highest BCUT2D eigenvalue weighted by Crippen LogP contribution is 2.14. The molecule has 0 aliphatic heterocycles. The van der Waals surface area contributed by atoms with Crippen LogP contribution in [0.25, 0.3) is 0 Å². The second-order valence-electron chi connectivity index (χ2n) is 8.69. The number of aromatic nitrogens is 4. The summed E-state index contributed by atoms with van der Waals surface area (Å²) in [7, 11) is -0.870. The van der Waals surface area contributed by atoms with Crippen LogP contribution in [0.1, 0.15) is 64.9 Å². The molecule has 11 nitrogen and oxygen atoms in total. The second-order valence-corrected chi connectivity index (χ2v) is 8.69. The Morgan fingerprint density at radius 3 is 2.63 bits per heavy atom. The summed E-state index contributed by atoms with van der Waals surface area (Å²) in [4.78, 5) is 25.1. The number of nitrogens with zero attached hydrogens (tertiary/aromatic N) is 4. The molecule has 1 aromatic carbocycles. The third-order valence-corrected chi connectivity index (χ3v) is 5.11. The zero-order chi connectivity index (χ0) is 25.0. The van der Waals surface area contributed by atoms with Gasteiger partial charge in [0.1, 0.15) is 6.04 Å². The van der Waals surface area contributed by atoms with Gasteiger partial charge in [0.2, 0.25) is 11.8 Å². The highest BCUT2D eigenvalue weighted by Gasteiger charge is 2.33. The lowest BCUT2D eigenvalue weighted by atomic mass is 9.83. The van der Waals surface area contributed by atoms with Gasteiger partial charge in [0.25, 0.3) is 0 Å². The Hall–Kier alpha value is -2.83. The lowest BCUT2D eigenvalue weighted by Crippen LogP contribution is -2.58. The minimum Gasteiger partial charge on any atom is -0.437 e. The van der Waals surface area contributed by atoms with Gasteiger partial charge in [0.05, 0.1) is 25.3 Å². The minimum absolute atomic E-state index is 0. The molecular weight excluding hydrogens is 449 g/mol. The van der Waals surface area contributed by atoms with E-state index < -0.39 is 18.6 Å². The van der Waals surface area contributed by atoms with E-state index in [2.05, 4.69) is 38.3 Å². The van der Waals surface area contributed by atoms with Crippen molar-refractivity contribution in [3.8, 4) is 0 Å². The summed E-state index contributed by atoms with van der Waals surface area (Å²) >= 11 is 0. The van der Waals surface area contributed by atoms with Crippen LogP contribution in [0.4, 0.5) is 0 Å². The molecule has 35 heavy (non-hydrogen) atoms.